The molecule has 0 saturated carbocycles. The van der Waals surface area contributed by atoms with Crippen LogP contribution in [0.15, 0.2) is 18.3 Å². The summed E-state index contributed by atoms with van der Waals surface area (Å²) in [6.45, 7) is 4.11. The second-order valence-corrected chi connectivity index (χ2v) is 8.59. The zero-order valence-electron chi connectivity index (χ0n) is 18.5. The second kappa shape index (κ2) is 9.19. The molecule has 10 heteroatoms. The molecule has 4 heterocycles. The van der Waals surface area contributed by atoms with E-state index >= 15 is 0 Å². The third-order valence-electron chi connectivity index (χ3n) is 6.18. The summed E-state index contributed by atoms with van der Waals surface area (Å²) in [7, 11) is 5.54. The third kappa shape index (κ3) is 4.64. The van der Waals surface area contributed by atoms with E-state index in [9.17, 15) is 9.59 Å². The smallest absolute Gasteiger partial charge is 0.319 e. The summed E-state index contributed by atoms with van der Waals surface area (Å²) in [5, 5.41) is 11.7. The minimum atomic E-state index is -0.104. The summed E-state index contributed by atoms with van der Waals surface area (Å²) < 4.78 is 7.25. The van der Waals surface area contributed by atoms with E-state index in [0.29, 0.717) is 36.8 Å². The van der Waals surface area contributed by atoms with Crippen LogP contribution < -0.4 is 5.32 Å². The summed E-state index contributed by atoms with van der Waals surface area (Å²) in [5.74, 6) is 1.09. The number of amides is 3. The summed E-state index contributed by atoms with van der Waals surface area (Å²) in [6.07, 6.45) is 3.75. The lowest BCUT2D eigenvalue weighted by Gasteiger charge is -2.39. The first-order valence-electron chi connectivity index (χ1n) is 10.8. The number of nitrogens with zero attached hydrogens (tertiary/aromatic N) is 6. The van der Waals surface area contributed by atoms with E-state index in [2.05, 4.69) is 20.4 Å². The minimum Gasteiger partial charge on any atom is -0.381 e. The Hall–Kier alpha value is -2.72. The van der Waals surface area contributed by atoms with E-state index in [4.69, 9.17) is 4.74 Å². The van der Waals surface area contributed by atoms with Crippen LogP contribution in [0.5, 0.6) is 0 Å². The number of aromatic nitrogens is 3. The number of pyridine rings is 1. The van der Waals surface area contributed by atoms with Gasteiger partial charge in [-0.15, -0.1) is 10.2 Å². The zero-order chi connectivity index (χ0) is 22.0. The van der Waals surface area contributed by atoms with Gasteiger partial charge in [-0.1, -0.05) is 0 Å². The summed E-state index contributed by atoms with van der Waals surface area (Å²) >= 11 is 0. The summed E-state index contributed by atoms with van der Waals surface area (Å²) in [5.41, 5.74) is 1.25. The molecule has 2 aromatic heterocycles. The number of carbonyl (C=O) groups is 2. The van der Waals surface area contributed by atoms with Gasteiger partial charge in [-0.05, 0) is 37.9 Å². The highest BCUT2D eigenvalue weighted by Gasteiger charge is 2.32. The van der Waals surface area contributed by atoms with Gasteiger partial charge in [0.25, 0.3) is 5.91 Å². The SMILES string of the molecule is CN(C)C(=O)N1CCN(C)C(c2nnc3ccc(C(=O)NCC4CCOCC4)cn23)C1. The van der Waals surface area contributed by atoms with Crippen molar-refractivity contribution >= 4 is 17.6 Å². The fourth-order valence-corrected chi connectivity index (χ4v) is 4.17. The number of ether oxygens (including phenoxy) is 1. The van der Waals surface area contributed by atoms with Crippen molar-refractivity contribution < 1.29 is 14.3 Å². The molecule has 2 aliphatic rings. The first kappa shape index (κ1) is 21.5. The molecule has 4 rings (SSSR count). The molecule has 0 bridgehead atoms. The molecule has 168 valence electrons. The second-order valence-electron chi connectivity index (χ2n) is 8.59. The van der Waals surface area contributed by atoms with Gasteiger partial charge in [0.05, 0.1) is 11.6 Å². The number of fused-ring (bicyclic) bond motifs is 1. The maximum atomic E-state index is 12.8. The summed E-state index contributed by atoms with van der Waals surface area (Å²) in [4.78, 5) is 30.8. The molecule has 0 aromatic carbocycles. The molecular formula is C21H31N7O3. The standard InChI is InChI=1S/C21H31N7O3/c1-25(2)21(30)27-9-8-26(3)17(14-27)19-24-23-18-5-4-16(13-28(18)19)20(29)22-12-15-6-10-31-11-7-15/h4-5,13,15,17H,6-12,14H2,1-3H3,(H,22,29). The highest BCUT2D eigenvalue weighted by molar-refractivity contribution is 5.94. The molecule has 2 fully saturated rings. The first-order valence-corrected chi connectivity index (χ1v) is 10.8. The quantitative estimate of drug-likeness (QED) is 0.775. The van der Waals surface area contributed by atoms with E-state index in [-0.39, 0.29) is 18.0 Å². The number of urea groups is 1. The molecular weight excluding hydrogens is 398 g/mol. The number of hydrogen-bond acceptors (Lipinski definition) is 6. The molecule has 2 aliphatic heterocycles. The van der Waals surface area contributed by atoms with E-state index in [1.165, 1.54) is 0 Å². The fourth-order valence-electron chi connectivity index (χ4n) is 4.17. The monoisotopic (exact) mass is 429 g/mol. The number of hydrogen-bond donors (Lipinski definition) is 1. The molecule has 10 nitrogen and oxygen atoms in total. The molecule has 1 unspecified atom stereocenters. The molecule has 0 aliphatic carbocycles. The number of rotatable bonds is 4. The van der Waals surface area contributed by atoms with Crippen LogP contribution in [0.25, 0.3) is 5.65 Å². The third-order valence-corrected chi connectivity index (χ3v) is 6.18. The van der Waals surface area contributed by atoms with Crippen molar-refractivity contribution in [2.24, 2.45) is 5.92 Å². The van der Waals surface area contributed by atoms with Gasteiger partial charge in [0.15, 0.2) is 11.5 Å². The van der Waals surface area contributed by atoms with Crippen molar-refractivity contribution in [3.05, 3.63) is 29.7 Å². The average Bonchev–Trinajstić information content (AvgIpc) is 3.21. The highest BCUT2D eigenvalue weighted by Crippen LogP contribution is 2.24. The van der Waals surface area contributed by atoms with Crippen LogP contribution in [0.4, 0.5) is 4.79 Å². The van der Waals surface area contributed by atoms with Crippen LogP contribution >= 0.6 is 0 Å². The Labute approximate surface area is 182 Å². The summed E-state index contributed by atoms with van der Waals surface area (Å²) in [6, 6.07) is 3.47. The van der Waals surface area contributed by atoms with Gasteiger partial charge in [-0.3, -0.25) is 14.1 Å². The van der Waals surface area contributed by atoms with Gasteiger partial charge in [0.2, 0.25) is 0 Å². The Balaban J connectivity index is 1.52. The molecule has 1 N–H and O–H groups in total. The Bertz CT molecular complexity index is 938. The van der Waals surface area contributed by atoms with Crippen LogP contribution in [0, 0.1) is 5.92 Å². The lowest BCUT2D eigenvalue weighted by molar-refractivity contribution is 0.0642. The lowest BCUT2D eigenvalue weighted by Crippen LogP contribution is -2.52. The number of carbonyl (C=O) groups excluding carboxylic acids is 2. The number of piperazine rings is 1. The van der Waals surface area contributed by atoms with Gasteiger partial charge in [-0.25, -0.2) is 4.79 Å². The van der Waals surface area contributed by atoms with Crippen LogP contribution in [-0.2, 0) is 4.74 Å². The Morgan fingerprint density at radius 2 is 1.97 bits per heavy atom. The number of likely N-dealkylation sites (N-methyl/N-ethyl adjacent to an activating group) is 1. The number of nitrogens with one attached hydrogen (secondary N) is 1. The van der Waals surface area contributed by atoms with Crippen LogP contribution in [-0.4, -0.2) is 102 Å². The first-order chi connectivity index (χ1) is 14.9. The van der Waals surface area contributed by atoms with Crippen molar-refractivity contribution in [2.45, 2.75) is 18.9 Å². The Morgan fingerprint density at radius 3 is 2.71 bits per heavy atom. The highest BCUT2D eigenvalue weighted by atomic mass is 16.5. The fraction of sp³-hybridized carbons (Fsp3) is 0.619. The van der Waals surface area contributed by atoms with Crippen molar-refractivity contribution in [1.29, 1.82) is 0 Å². The van der Waals surface area contributed by atoms with Crippen molar-refractivity contribution in [3.63, 3.8) is 0 Å². The maximum Gasteiger partial charge on any atom is 0.319 e. The predicted octanol–water partition coefficient (Wildman–Crippen LogP) is 0.856. The largest absolute Gasteiger partial charge is 0.381 e. The zero-order valence-corrected chi connectivity index (χ0v) is 18.5. The van der Waals surface area contributed by atoms with Gasteiger partial charge in [0, 0.05) is 59.7 Å². The molecule has 0 spiro atoms. The molecule has 2 aromatic rings. The van der Waals surface area contributed by atoms with Crippen LogP contribution in [0.3, 0.4) is 0 Å². The molecule has 2 saturated heterocycles. The van der Waals surface area contributed by atoms with Gasteiger partial charge < -0.3 is 19.9 Å². The minimum absolute atomic E-state index is 0.0138. The van der Waals surface area contributed by atoms with Gasteiger partial charge >= 0.3 is 6.03 Å². The Kier molecular flexibility index (Phi) is 6.38. The van der Waals surface area contributed by atoms with E-state index < -0.39 is 0 Å². The van der Waals surface area contributed by atoms with E-state index in [1.807, 2.05) is 22.4 Å². The molecule has 31 heavy (non-hydrogen) atoms. The van der Waals surface area contributed by atoms with E-state index in [0.717, 1.165) is 38.4 Å². The van der Waals surface area contributed by atoms with Crippen molar-refractivity contribution in [2.75, 3.05) is 60.5 Å². The maximum absolute atomic E-state index is 12.8. The molecule has 3 amide bonds. The predicted molar refractivity (Wildman–Crippen MR) is 115 cm³/mol. The average molecular weight is 430 g/mol. The van der Waals surface area contributed by atoms with Gasteiger partial charge in [-0.2, -0.15) is 0 Å². The van der Waals surface area contributed by atoms with E-state index in [1.54, 1.807) is 31.3 Å². The van der Waals surface area contributed by atoms with Crippen LogP contribution in [0.2, 0.25) is 0 Å². The Morgan fingerprint density at radius 1 is 1.19 bits per heavy atom. The molecule has 1 atom stereocenters. The van der Waals surface area contributed by atoms with Crippen molar-refractivity contribution in [3.8, 4) is 0 Å². The lowest BCUT2D eigenvalue weighted by atomic mass is 10.0. The topological polar surface area (TPSA) is 95.3 Å². The normalized spacial score (nSPS) is 20.7. The van der Waals surface area contributed by atoms with Gasteiger partial charge in [0.1, 0.15) is 0 Å². The molecule has 0 radical (unpaired) electrons. The van der Waals surface area contributed by atoms with Crippen LogP contribution in [0.1, 0.15) is 35.1 Å². The van der Waals surface area contributed by atoms with Crippen molar-refractivity contribution in [1.82, 2.24) is 34.6 Å².